The third kappa shape index (κ3) is 3.30. The number of carbonyl (C=O) groups excluding carboxylic acids is 3. The van der Waals surface area contributed by atoms with Crippen molar-refractivity contribution in [2.45, 2.75) is 38.6 Å². The van der Waals surface area contributed by atoms with E-state index in [2.05, 4.69) is 6.07 Å². The molecule has 0 aliphatic carbocycles. The Balaban J connectivity index is 2.33. The summed E-state index contributed by atoms with van der Waals surface area (Å²) >= 11 is 0. The topological polar surface area (TPSA) is 116 Å². The third-order valence-electron chi connectivity index (χ3n) is 5.91. The van der Waals surface area contributed by atoms with Crippen molar-refractivity contribution in [1.29, 1.82) is 0 Å². The Morgan fingerprint density at radius 3 is 2.30 bits per heavy atom. The molecular formula is C23H26N3O4. The number of ether oxygens (including phenoxy) is 1. The summed E-state index contributed by atoms with van der Waals surface area (Å²) in [6.45, 7) is 6.74. The first kappa shape index (κ1) is 21.4. The molecule has 7 heteroatoms. The summed E-state index contributed by atoms with van der Waals surface area (Å²) in [6.07, 6.45) is 0. The molecule has 0 saturated heterocycles. The highest BCUT2D eigenvalue weighted by atomic mass is 16.5. The number of benzene rings is 2. The van der Waals surface area contributed by atoms with E-state index in [1.54, 1.807) is 17.0 Å². The Kier molecular flexibility index (Phi) is 5.33. The molecule has 2 unspecified atom stereocenters. The molecule has 0 fully saturated rings. The van der Waals surface area contributed by atoms with Crippen molar-refractivity contribution in [3.8, 4) is 5.75 Å². The Hall–Kier alpha value is -3.35. The highest BCUT2D eigenvalue weighted by molar-refractivity contribution is 5.98. The van der Waals surface area contributed by atoms with Crippen molar-refractivity contribution < 1.29 is 19.1 Å². The first-order chi connectivity index (χ1) is 14.0. The number of hydrogen-bond acceptors (Lipinski definition) is 4. The molecule has 1 aliphatic rings. The summed E-state index contributed by atoms with van der Waals surface area (Å²) < 4.78 is 5.42. The quantitative estimate of drug-likeness (QED) is 0.786. The van der Waals surface area contributed by atoms with Crippen LogP contribution in [0, 0.1) is 12.0 Å². The van der Waals surface area contributed by atoms with Crippen molar-refractivity contribution in [3.63, 3.8) is 0 Å². The van der Waals surface area contributed by atoms with Crippen LogP contribution >= 0.6 is 0 Å². The molecule has 0 saturated carbocycles. The van der Waals surface area contributed by atoms with Crippen LogP contribution in [0.3, 0.4) is 0 Å². The van der Waals surface area contributed by atoms with E-state index in [4.69, 9.17) is 16.2 Å². The Morgan fingerprint density at radius 1 is 1.13 bits per heavy atom. The van der Waals surface area contributed by atoms with Crippen molar-refractivity contribution in [2.24, 2.45) is 17.4 Å². The molecule has 1 heterocycles. The van der Waals surface area contributed by atoms with Crippen molar-refractivity contribution in [1.82, 2.24) is 0 Å². The number of nitrogens with zero attached hydrogens (tertiary/aromatic N) is 1. The van der Waals surface area contributed by atoms with E-state index in [1.807, 2.05) is 51.1 Å². The number of fused-ring (bicyclic) bond motifs is 1. The number of rotatable bonds is 5. The second-order valence-corrected chi connectivity index (χ2v) is 8.26. The molecule has 0 aromatic heterocycles. The minimum absolute atomic E-state index is 0.241. The zero-order valence-electron chi connectivity index (χ0n) is 17.6. The molecule has 0 bridgehead atoms. The Bertz CT molecular complexity index is 1000. The minimum Gasteiger partial charge on any atom is -0.483 e. The molecule has 2 aromatic carbocycles. The predicted molar refractivity (Wildman–Crippen MR) is 113 cm³/mol. The second kappa shape index (κ2) is 7.48. The van der Waals surface area contributed by atoms with Gasteiger partial charge in [0.2, 0.25) is 11.8 Å². The third-order valence-corrected chi connectivity index (χ3v) is 5.91. The SMILES string of the molecule is CC(=O)N1c2cc(OCC(N)=O)[c]cc2C(C)(c2ccccc2)C(C(N)=O)C1(C)C. The van der Waals surface area contributed by atoms with Crippen LogP contribution in [0.5, 0.6) is 5.75 Å². The molecular weight excluding hydrogens is 382 g/mol. The van der Waals surface area contributed by atoms with Crippen LogP contribution in [0.2, 0.25) is 0 Å². The Labute approximate surface area is 176 Å². The molecule has 7 nitrogen and oxygen atoms in total. The maximum absolute atomic E-state index is 12.8. The average Bonchev–Trinajstić information content (AvgIpc) is 2.65. The minimum atomic E-state index is -0.933. The van der Waals surface area contributed by atoms with Gasteiger partial charge in [-0.25, -0.2) is 0 Å². The van der Waals surface area contributed by atoms with Gasteiger partial charge in [-0.2, -0.15) is 0 Å². The maximum atomic E-state index is 12.8. The van der Waals surface area contributed by atoms with Gasteiger partial charge in [-0.1, -0.05) is 37.3 Å². The number of amides is 3. The molecule has 157 valence electrons. The lowest BCUT2D eigenvalue weighted by atomic mass is 9.57. The molecule has 0 spiro atoms. The predicted octanol–water partition coefficient (Wildman–Crippen LogP) is 1.90. The van der Waals surface area contributed by atoms with Crippen LogP contribution in [0.25, 0.3) is 0 Å². The highest BCUT2D eigenvalue weighted by Crippen LogP contribution is 2.54. The number of hydrogen-bond donors (Lipinski definition) is 2. The zero-order chi connectivity index (χ0) is 22.3. The number of carbonyl (C=O) groups is 3. The standard InChI is InChI=1S/C23H26N3O4/c1-14(27)26-18-12-16(30-13-19(24)28)10-11-17(18)23(4,15-8-6-5-7-9-15)20(21(25)29)22(26,2)3/h5-9,11-12,20H,13H2,1-4H3,(H2,24,28)(H2,25,29). The Morgan fingerprint density at radius 2 is 1.77 bits per heavy atom. The molecule has 1 aliphatic heterocycles. The summed E-state index contributed by atoms with van der Waals surface area (Å²) in [5.41, 5.74) is 11.5. The number of anilines is 1. The van der Waals surface area contributed by atoms with E-state index in [0.29, 0.717) is 5.69 Å². The molecule has 30 heavy (non-hydrogen) atoms. The van der Waals surface area contributed by atoms with E-state index in [1.165, 1.54) is 6.92 Å². The van der Waals surface area contributed by atoms with Crippen LogP contribution in [0.15, 0.2) is 42.5 Å². The van der Waals surface area contributed by atoms with E-state index in [9.17, 15) is 14.4 Å². The van der Waals surface area contributed by atoms with Gasteiger partial charge in [-0.05, 0) is 31.0 Å². The molecule has 3 rings (SSSR count). The van der Waals surface area contributed by atoms with E-state index in [-0.39, 0.29) is 18.3 Å². The average molecular weight is 408 g/mol. The fourth-order valence-electron chi connectivity index (χ4n) is 4.91. The van der Waals surface area contributed by atoms with Crippen LogP contribution in [0.4, 0.5) is 5.69 Å². The summed E-state index contributed by atoms with van der Waals surface area (Å²) in [7, 11) is 0. The molecule has 1 radical (unpaired) electrons. The van der Waals surface area contributed by atoms with E-state index >= 15 is 0 Å². The number of nitrogens with two attached hydrogens (primary N) is 2. The summed E-state index contributed by atoms with van der Waals surface area (Å²) in [4.78, 5) is 38.2. The number of primary amides is 2. The van der Waals surface area contributed by atoms with Gasteiger partial charge < -0.3 is 21.1 Å². The summed E-state index contributed by atoms with van der Waals surface area (Å²) in [5, 5.41) is 0. The van der Waals surface area contributed by atoms with Gasteiger partial charge in [0, 0.05) is 24.5 Å². The largest absolute Gasteiger partial charge is 0.483 e. The van der Waals surface area contributed by atoms with Crippen molar-refractivity contribution in [2.75, 3.05) is 11.5 Å². The van der Waals surface area contributed by atoms with Crippen LogP contribution < -0.4 is 21.1 Å². The van der Waals surface area contributed by atoms with Gasteiger partial charge in [0.05, 0.1) is 17.1 Å². The van der Waals surface area contributed by atoms with Gasteiger partial charge in [0.25, 0.3) is 5.91 Å². The van der Waals surface area contributed by atoms with Gasteiger partial charge in [-0.15, -0.1) is 0 Å². The van der Waals surface area contributed by atoms with Gasteiger partial charge >= 0.3 is 0 Å². The van der Waals surface area contributed by atoms with E-state index in [0.717, 1.165) is 11.1 Å². The van der Waals surface area contributed by atoms with Crippen LogP contribution in [0.1, 0.15) is 38.8 Å². The van der Waals surface area contributed by atoms with Crippen LogP contribution in [-0.2, 0) is 19.8 Å². The van der Waals surface area contributed by atoms with Gasteiger partial charge in [0.15, 0.2) is 6.61 Å². The monoisotopic (exact) mass is 408 g/mol. The summed E-state index contributed by atoms with van der Waals surface area (Å²) in [6, 6.07) is 15.9. The lowest BCUT2D eigenvalue weighted by molar-refractivity contribution is -0.127. The second-order valence-electron chi connectivity index (χ2n) is 8.26. The molecule has 2 aromatic rings. The lowest BCUT2D eigenvalue weighted by Crippen LogP contribution is -2.65. The highest BCUT2D eigenvalue weighted by Gasteiger charge is 2.57. The lowest BCUT2D eigenvalue weighted by Gasteiger charge is -2.55. The fraction of sp³-hybridized carbons (Fsp3) is 0.348. The fourth-order valence-corrected chi connectivity index (χ4v) is 4.91. The maximum Gasteiger partial charge on any atom is 0.255 e. The van der Waals surface area contributed by atoms with Crippen LogP contribution in [-0.4, -0.2) is 29.9 Å². The smallest absolute Gasteiger partial charge is 0.255 e. The summed E-state index contributed by atoms with van der Waals surface area (Å²) in [5.74, 6) is -1.79. The molecule has 3 amide bonds. The van der Waals surface area contributed by atoms with Gasteiger partial charge in [-0.3, -0.25) is 14.4 Å². The normalized spacial score (nSPS) is 22.1. The van der Waals surface area contributed by atoms with Crippen molar-refractivity contribution in [3.05, 3.63) is 59.7 Å². The first-order valence-corrected chi connectivity index (χ1v) is 9.64. The molecule has 4 N–H and O–H groups in total. The van der Waals surface area contributed by atoms with E-state index < -0.39 is 28.7 Å². The molecule has 2 atom stereocenters. The van der Waals surface area contributed by atoms with Gasteiger partial charge in [0.1, 0.15) is 5.75 Å². The first-order valence-electron chi connectivity index (χ1n) is 9.64. The zero-order valence-corrected chi connectivity index (χ0v) is 17.6. The van der Waals surface area contributed by atoms with Crippen molar-refractivity contribution >= 4 is 23.4 Å².